The SMILES string of the molecule is Cc1c(NN)nc(C(C)C)nc1NCC(C)(C)S(C)(=O)=O. The standard InChI is InChI=1S/C13H25N5O2S/c1-8(2)10-16-11(9(3)12(17-10)18-14)15-7-13(4,5)21(6,19)20/h8H,7,14H2,1-6H3,(H2,15,16,17,18). The van der Waals surface area contributed by atoms with Gasteiger partial charge in [0.15, 0.2) is 9.84 Å². The minimum absolute atomic E-state index is 0.140. The molecule has 0 amide bonds. The van der Waals surface area contributed by atoms with Gasteiger partial charge in [-0.3, -0.25) is 0 Å². The Morgan fingerprint density at radius 1 is 1.24 bits per heavy atom. The van der Waals surface area contributed by atoms with Crippen molar-refractivity contribution in [1.82, 2.24) is 9.97 Å². The summed E-state index contributed by atoms with van der Waals surface area (Å²) >= 11 is 0. The first kappa shape index (κ1) is 17.6. The lowest BCUT2D eigenvalue weighted by molar-refractivity contribution is 0.559. The fraction of sp³-hybridized carbons (Fsp3) is 0.692. The number of nitrogens with two attached hydrogens (primary N) is 1. The molecule has 0 aliphatic carbocycles. The number of hydrogen-bond acceptors (Lipinski definition) is 7. The Bertz CT molecular complexity index is 611. The van der Waals surface area contributed by atoms with E-state index in [2.05, 4.69) is 20.7 Å². The van der Waals surface area contributed by atoms with Crippen molar-refractivity contribution in [3.8, 4) is 0 Å². The molecule has 0 saturated heterocycles. The van der Waals surface area contributed by atoms with Gasteiger partial charge >= 0.3 is 0 Å². The highest BCUT2D eigenvalue weighted by atomic mass is 32.2. The van der Waals surface area contributed by atoms with Gasteiger partial charge in [-0.2, -0.15) is 0 Å². The molecule has 1 aromatic heterocycles. The van der Waals surface area contributed by atoms with Gasteiger partial charge in [-0.1, -0.05) is 13.8 Å². The van der Waals surface area contributed by atoms with Crippen LogP contribution in [0.3, 0.4) is 0 Å². The van der Waals surface area contributed by atoms with E-state index in [4.69, 9.17) is 5.84 Å². The number of sulfone groups is 1. The zero-order valence-electron chi connectivity index (χ0n) is 13.5. The third-order valence-corrected chi connectivity index (χ3v) is 5.65. The molecule has 21 heavy (non-hydrogen) atoms. The second-order valence-electron chi connectivity index (χ2n) is 6.09. The summed E-state index contributed by atoms with van der Waals surface area (Å²) in [5.41, 5.74) is 3.30. The molecular weight excluding hydrogens is 290 g/mol. The van der Waals surface area contributed by atoms with Gasteiger partial charge < -0.3 is 10.7 Å². The third kappa shape index (κ3) is 4.04. The number of aromatic nitrogens is 2. The average Bonchev–Trinajstić information content (AvgIpc) is 2.35. The van der Waals surface area contributed by atoms with Crippen molar-refractivity contribution >= 4 is 21.5 Å². The van der Waals surface area contributed by atoms with Crippen molar-refractivity contribution in [2.45, 2.75) is 45.3 Å². The average molecular weight is 315 g/mol. The van der Waals surface area contributed by atoms with Gasteiger partial charge in [0.25, 0.3) is 0 Å². The van der Waals surface area contributed by atoms with Crippen LogP contribution in [-0.4, -0.2) is 35.9 Å². The van der Waals surface area contributed by atoms with E-state index in [1.807, 2.05) is 20.8 Å². The van der Waals surface area contributed by atoms with Gasteiger partial charge in [0.2, 0.25) is 0 Å². The van der Waals surface area contributed by atoms with Crippen molar-refractivity contribution in [3.05, 3.63) is 11.4 Å². The normalized spacial score (nSPS) is 12.6. The highest BCUT2D eigenvalue weighted by Crippen LogP contribution is 2.24. The summed E-state index contributed by atoms with van der Waals surface area (Å²) in [6, 6.07) is 0. The van der Waals surface area contributed by atoms with Crippen LogP contribution in [0.5, 0.6) is 0 Å². The number of hydrogen-bond donors (Lipinski definition) is 3. The maximum absolute atomic E-state index is 11.8. The van der Waals surface area contributed by atoms with Crippen molar-refractivity contribution in [1.29, 1.82) is 0 Å². The maximum Gasteiger partial charge on any atom is 0.154 e. The van der Waals surface area contributed by atoms with Gasteiger partial charge in [-0.05, 0) is 20.8 Å². The lowest BCUT2D eigenvalue weighted by Crippen LogP contribution is -2.38. The smallest absolute Gasteiger partial charge is 0.154 e. The van der Waals surface area contributed by atoms with Crippen LogP contribution in [0.25, 0.3) is 0 Å². The van der Waals surface area contributed by atoms with Crippen LogP contribution in [0.4, 0.5) is 11.6 Å². The van der Waals surface area contributed by atoms with Crippen molar-refractivity contribution < 1.29 is 8.42 Å². The minimum atomic E-state index is -3.17. The summed E-state index contributed by atoms with van der Waals surface area (Å²) in [7, 11) is -3.17. The fourth-order valence-corrected chi connectivity index (χ4v) is 1.87. The number of anilines is 2. The van der Waals surface area contributed by atoms with Crippen LogP contribution in [0.15, 0.2) is 0 Å². The summed E-state index contributed by atoms with van der Waals surface area (Å²) in [6.07, 6.45) is 1.23. The van der Waals surface area contributed by atoms with E-state index in [1.165, 1.54) is 6.26 Å². The van der Waals surface area contributed by atoms with Gasteiger partial charge in [-0.25, -0.2) is 24.2 Å². The molecule has 1 rings (SSSR count). The van der Waals surface area contributed by atoms with E-state index in [9.17, 15) is 8.42 Å². The Morgan fingerprint density at radius 3 is 2.19 bits per heavy atom. The first-order valence-electron chi connectivity index (χ1n) is 6.78. The molecule has 0 saturated carbocycles. The van der Waals surface area contributed by atoms with Crippen molar-refractivity contribution in [2.24, 2.45) is 5.84 Å². The lowest BCUT2D eigenvalue weighted by atomic mass is 10.2. The third-order valence-electron chi connectivity index (χ3n) is 3.50. The Morgan fingerprint density at radius 2 is 1.76 bits per heavy atom. The fourth-order valence-electron chi connectivity index (χ4n) is 1.53. The monoisotopic (exact) mass is 315 g/mol. The van der Waals surface area contributed by atoms with Gasteiger partial charge in [-0.15, -0.1) is 0 Å². The van der Waals surface area contributed by atoms with Crippen LogP contribution in [0.1, 0.15) is 45.0 Å². The molecule has 0 aliphatic rings. The molecule has 1 heterocycles. The molecule has 7 nitrogen and oxygen atoms in total. The predicted octanol–water partition coefficient (Wildman–Crippen LogP) is 1.43. The van der Waals surface area contributed by atoms with Crippen molar-refractivity contribution in [2.75, 3.05) is 23.5 Å². The highest BCUT2D eigenvalue weighted by molar-refractivity contribution is 7.92. The summed E-state index contributed by atoms with van der Waals surface area (Å²) in [4.78, 5) is 8.79. The number of rotatable bonds is 6. The van der Waals surface area contributed by atoms with Gasteiger partial charge in [0, 0.05) is 24.3 Å². The van der Waals surface area contributed by atoms with Crippen molar-refractivity contribution in [3.63, 3.8) is 0 Å². The molecule has 8 heteroatoms. The molecule has 0 radical (unpaired) electrons. The van der Waals surface area contributed by atoms with E-state index in [0.29, 0.717) is 17.5 Å². The van der Waals surface area contributed by atoms with E-state index in [0.717, 1.165) is 5.56 Å². The molecule has 0 atom stereocenters. The van der Waals surface area contributed by atoms with E-state index >= 15 is 0 Å². The van der Waals surface area contributed by atoms with E-state index < -0.39 is 14.6 Å². The summed E-state index contributed by atoms with van der Waals surface area (Å²) in [5, 5.41) is 3.10. The number of hydrazine groups is 1. The molecule has 0 aliphatic heterocycles. The summed E-state index contributed by atoms with van der Waals surface area (Å²) < 4.78 is 22.6. The molecule has 0 aromatic carbocycles. The minimum Gasteiger partial charge on any atom is -0.368 e. The number of nitrogens with one attached hydrogen (secondary N) is 2. The Labute approximate surface area is 126 Å². The predicted molar refractivity (Wildman–Crippen MR) is 86.1 cm³/mol. The Balaban J connectivity index is 3.11. The van der Waals surface area contributed by atoms with E-state index in [1.54, 1.807) is 13.8 Å². The summed E-state index contributed by atoms with van der Waals surface area (Å²) in [6.45, 7) is 9.40. The van der Waals surface area contributed by atoms with Gasteiger partial charge in [0.05, 0.1) is 4.75 Å². The van der Waals surface area contributed by atoms with E-state index in [-0.39, 0.29) is 12.5 Å². The topological polar surface area (TPSA) is 110 Å². The quantitative estimate of drug-likeness (QED) is 0.538. The zero-order valence-corrected chi connectivity index (χ0v) is 14.3. The van der Waals surface area contributed by atoms with Crippen LogP contribution in [0, 0.1) is 6.92 Å². The lowest BCUT2D eigenvalue weighted by Gasteiger charge is -2.24. The van der Waals surface area contributed by atoms with Crippen LogP contribution in [0.2, 0.25) is 0 Å². The maximum atomic E-state index is 11.8. The molecule has 1 aromatic rings. The molecule has 0 spiro atoms. The molecular formula is C13H25N5O2S. The van der Waals surface area contributed by atoms with Crippen LogP contribution >= 0.6 is 0 Å². The van der Waals surface area contributed by atoms with Gasteiger partial charge in [0.1, 0.15) is 17.5 Å². The highest BCUT2D eigenvalue weighted by Gasteiger charge is 2.30. The Hall–Kier alpha value is -1.41. The first-order chi connectivity index (χ1) is 9.49. The Kier molecular flexibility index (Phi) is 5.16. The molecule has 0 unspecified atom stereocenters. The van der Waals surface area contributed by atoms with Crippen LogP contribution < -0.4 is 16.6 Å². The second-order valence-corrected chi connectivity index (χ2v) is 8.74. The second kappa shape index (κ2) is 6.15. The largest absolute Gasteiger partial charge is 0.368 e. The molecule has 0 bridgehead atoms. The summed E-state index contributed by atoms with van der Waals surface area (Å²) in [5.74, 6) is 7.39. The number of nitrogens with zero attached hydrogens (tertiary/aromatic N) is 2. The molecule has 0 fully saturated rings. The molecule has 120 valence electrons. The zero-order chi connectivity index (χ0) is 16.4. The number of nitrogen functional groups attached to an aromatic ring is 1. The first-order valence-corrected chi connectivity index (χ1v) is 8.67. The molecule has 4 N–H and O–H groups in total. The van der Waals surface area contributed by atoms with Crippen LogP contribution in [-0.2, 0) is 9.84 Å².